The van der Waals surface area contributed by atoms with Crippen molar-refractivity contribution in [2.24, 2.45) is 0 Å². The molecule has 2 aromatic rings. The van der Waals surface area contributed by atoms with Gasteiger partial charge in [0.1, 0.15) is 24.4 Å². The zero-order valence-electron chi connectivity index (χ0n) is 17.2. The Morgan fingerprint density at radius 3 is 1.00 bits per heavy atom. The summed E-state index contributed by atoms with van der Waals surface area (Å²) < 4.78 is 30.2. The van der Waals surface area contributed by atoms with Crippen molar-refractivity contribution in [3.63, 3.8) is 0 Å². The van der Waals surface area contributed by atoms with Crippen LogP contribution in [0.15, 0.2) is 60.7 Å². The molecule has 162 valence electrons. The first kappa shape index (κ1) is 21.4. The molecule has 6 nitrogen and oxygen atoms in total. The molecule has 0 aromatic heterocycles. The second-order valence-electron chi connectivity index (χ2n) is 7.63. The summed E-state index contributed by atoms with van der Waals surface area (Å²) in [5.41, 5.74) is 2.55. The molecule has 0 bridgehead atoms. The van der Waals surface area contributed by atoms with Gasteiger partial charge in [0.15, 0.2) is 0 Å². The van der Waals surface area contributed by atoms with Crippen LogP contribution in [0.2, 0.25) is 0 Å². The fourth-order valence-electron chi connectivity index (χ4n) is 2.58. The monoisotopic (exact) mass is 414 g/mol. The molecular formula is C24H30O6. The Kier molecular flexibility index (Phi) is 8.25. The van der Waals surface area contributed by atoms with Crippen LogP contribution >= 0.6 is 0 Å². The van der Waals surface area contributed by atoms with Crippen LogP contribution < -0.4 is 0 Å². The smallest absolute Gasteiger partial charge is 0.104 e. The van der Waals surface area contributed by atoms with E-state index in [2.05, 4.69) is 48.5 Å². The lowest BCUT2D eigenvalue weighted by molar-refractivity contribution is 0.102. The lowest BCUT2D eigenvalue weighted by Crippen LogP contribution is -2.06. The van der Waals surface area contributed by atoms with E-state index in [0.717, 1.165) is 52.9 Å². The van der Waals surface area contributed by atoms with Crippen LogP contribution in [-0.2, 0) is 28.4 Å². The molecule has 6 rings (SSSR count). The Labute approximate surface area is 178 Å². The molecule has 2 aromatic carbocycles. The first-order chi connectivity index (χ1) is 14.9. The molecule has 4 unspecified atom stereocenters. The van der Waals surface area contributed by atoms with Gasteiger partial charge in [-0.05, 0) is 11.1 Å². The predicted octanol–water partition coefficient (Wildman–Crippen LogP) is 2.95. The van der Waals surface area contributed by atoms with Crippen LogP contribution in [-0.4, -0.2) is 77.3 Å². The zero-order chi connectivity index (χ0) is 20.4. The zero-order valence-corrected chi connectivity index (χ0v) is 17.2. The standard InChI is InChI=1S/C12H10.2C6H10O3/c1-3-7-11(8-4-1)12-9-5-2-6-10-12;2*1(5-3-8-5)7-2-6-4-9-6/h1-10H;2*5-6H,1-4H2. The largest absolute Gasteiger partial charge is 0.376 e. The van der Waals surface area contributed by atoms with Crippen LogP contribution in [0.25, 0.3) is 11.1 Å². The number of epoxide rings is 4. The Morgan fingerprint density at radius 1 is 0.500 bits per heavy atom. The summed E-state index contributed by atoms with van der Waals surface area (Å²) in [4.78, 5) is 0. The van der Waals surface area contributed by atoms with E-state index in [4.69, 9.17) is 28.4 Å². The van der Waals surface area contributed by atoms with E-state index in [1.54, 1.807) is 0 Å². The lowest BCUT2D eigenvalue weighted by atomic mass is 10.1. The van der Waals surface area contributed by atoms with Crippen molar-refractivity contribution >= 4 is 0 Å². The maximum absolute atomic E-state index is 5.23. The van der Waals surface area contributed by atoms with Gasteiger partial charge in [0.05, 0.1) is 52.9 Å². The van der Waals surface area contributed by atoms with E-state index in [0.29, 0.717) is 24.4 Å². The minimum absolute atomic E-state index is 0.392. The molecule has 0 amide bonds. The van der Waals surface area contributed by atoms with Crippen LogP contribution in [0.4, 0.5) is 0 Å². The van der Waals surface area contributed by atoms with Gasteiger partial charge in [-0.3, -0.25) is 0 Å². The fraction of sp³-hybridized carbons (Fsp3) is 0.500. The molecular weight excluding hydrogens is 384 g/mol. The van der Waals surface area contributed by atoms with Gasteiger partial charge >= 0.3 is 0 Å². The Balaban J connectivity index is 0.000000111. The second-order valence-corrected chi connectivity index (χ2v) is 7.63. The highest BCUT2D eigenvalue weighted by atomic mass is 16.6. The van der Waals surface area contributed by atoms with Gasteiger partial charge in [0.2, 0.25) is 0 Å². The maximum Gasteiger partial charge on any atom is 0.104 e. The second kappa shape index (κ2) is 11.6. The highest BCUT2D eigenvalue weighted by Gasteiger charge is 2.27. The molecule has 4 aliphatic heterocycles. The minimum Gasteiger partial charge on any atom is -0.376 e. The molecule has 4 heterocycles. The summed E-state index contributed by atoms with van der Waals surface area (Å²) in [6, 6.07) is 20.8. The van der Waals surface area contributed by atoms with E-state index < -0.39 is 0 Å². The topological polar surface area (TPSA) is 68.6 Å². The summed E-state index contributed by atoms with van der Waals surface area (Å²) in [5, 5.41) is 0. The Morgan fingerprint density at radius 2 is 0.767 bits per heavy atom. The minimum atomic E-state index is 0.392. The number of ether oxygens (including phenoxy) is 6. The maximum atomic E-state index is 5.23. The summed E-state index contributed by atoms with van der Waals surface area (Å²) in [6.45, 7) is 6.52. The average Bonchev–Trinajstić information content (AvgIpc) is 3.64. The van der Waals surface area contributed by atoms with E-state index in [-0.39, 0.29) is 0 Å². The third-order valence-electron chi connectivity index (χ3n) is 4.71. The molecule has 6 heteroatoms. The van der Waals surface area contributed by atoms with Gasteiger partial charge in [-0.25, -0.2) is 0 Å². The van der Waals surface area contributed by atoms with Gasteiger partial charge < -0.3 is 28.4 Å². The third kappa shape index (κ3) is 9.34. The summed E-state index contributed by atoms with van der Waals surface area (Å²) in [6.07, 6.45) is 1.57. The van der Waals surface area contributed by atoms with Crippen molar-refractivity contribution in [1.82, 2.24) is 0 Å². The van der Waals surface area contributed by atoms with Crippen molar-refractivity contribution in [3.05, 3.63) is 60.7 Å². The molecule has 30 heavy (non-hydrogen) atoms. The summed E-state index contributed by atoms with van der Waals surface area (Å²) in [5.74, 6) is 0. The summed E-state index contributed by atoms with van der Waals surface area (Å²) >= 11 is 0. The molecule has 0 aliphatic carbocycles. The van der Waals surface area contributed by atoms with Gasteiger partial charge in [-0.15, -0.1) is 0 Å². The molecule has 0 saturated carbocycles. The number of hydrogen-bond donors (Lipinski definition) is 0. The van der Waals surface area contributed by atoms with Gasteiger partial charge in [-0.1, -0.05) is 60.7 Å². The predicted molar refractivity (Wildman–Crippen MR) is 112 cm³/mol. The van der Waals surface area contributed by atoms with E-state index in [1.165, 1.54) is 11.1 Å². The molecule has 4 fully saturated rings. The molecule has 0 spiro atoms. The van der Waals surface area contributed by atoms with Gasteiger partial charge in [-0.2, -0.15) is 0 Å². The lowest BCUT2D eigenvalue weighted by Gasteiger charge is -1.98. The molecule has 0 N–H and O–H groups in total. The van der Waals surface area contributed by atoms with Crippen LogP contribution in [0.3, 0.4) is 0 Å². The highest BCUT2D eigenvalue weighted by molar-refractivity contribution is 5.62. The van der Waals surface area contributed by atoms with Crippen LogP contribution in [0.1, 0.15) is 0 Å². The SMILES string of the molecule is C(OCC1CO1)C1CO1.C(OCC1CO1)C1CO1.c1ccc(-c2ccccc2)cc1. The number of hydrogen-bond acceptors (Lipinski definition) is 6. The molecule has 0 radical (unpaired) electrons. The molecule has 4 saturated heterocycles. The van der Waals surface area contributed by atoms with E-state index in [1.807, 2.05) is 12.1 Å². The van der Waals surface area contributed by atoms with Crippen molar-refractivity contribution in [1.29, 1.82) is 0 Å². The quantitative estimate of drug-likeness (QED) is 0.588. The van der Waals surface area contributed by atoms with E-state index >= 15 is 0 Å². The Hall–Kier alpha value is -1.80. The van der Waals surface area contributed by atoms with Crippen LogP contribution in [0.5, 0.6) is 0 Å². The van der Waals surface area contributed by atoms with Crippen LogP contribution in [0, 0.1) is 0 Å². The number of benzene rings is 2. The normalized spacial score (nSPS) is 27.1. The van der Waals surface area contributed by atoms with Crippen molar-refractivity contribution < 1.29 is 28.4 Å². The molecule has 4 aliphatic rings. The van der Waals surface area contributed by atoms with Crippen molar-refractivity contribution in [2.75, 3.05) is 52.9 Å². The third-order valence-corrected chi connectivity index (χ3v) is 4.71. The van der Waals surface area contributed by atoms with Crippen molar-refractivity contribution in [3.8, 4) is 11.1 Å². The number of rotatable bonds is 9. The van der Waals surface area contributed by atoms with Gasteiger partial charge in [0, 0.05) is 0 Å². The van der Waals surface area contributed by atoms with E-state index in [9.17, 15) is 0 Å². The fourth-order valence-corrected chi connectivity index (χ4v) is 2.58. The first-order valence-corrected chi connectivity index (χ1v) is 10.6. The average molecular weight is 414 g/mol. The first-order valence-electron chi connectivity index (χ1n) is 10.6. The Bertz CT molecular complexity index is 621. The summed E-state index contributed by atoms with van der Waals surface area (Å²) in [7, 11) is 0. The van der Waals surface area contributed by atoms with Crippen molar-refractivity contribution in [2.45, 2.75) is 24.4 Å². The molecule has 4 atom stereocenters. The highest BCUT2D eigenvalue weighted by Crippen LogP contribution is 2.17. The van der Waals surface area contributed by atoms with Gasteiger partial charge in [0.25, 0.3) is 0 Å².